The molecule has 0 aliphatic rings. The van der Waals surface area contributed by atoms with E-state index in [1.54, 1.807) is 48.5 Å². The molecule has 0 unspecified atom stereocenters. The molecule has 0 aliphatic carbocycles. The standard InChI is InChI=1S/C25H18F3NO3/c1-31-23-14-17(12-20(15-29)24(30)19-7-3-2-4-8-19)10-11-22(23)32-16-18-6-5-9-21(13-18)25(26,27)28/h2-14H,16H2,1H3/b20-12+. The number of benzene rings is 3. The smallest absolute Gasteiger partial charge is 0.416 e. The van der Waals surface area contributed by atoms with Crippen molar-refractivity contribution in [3.05, 3.63) is 101 Å². The highest BCUT2D eigenvalue weighted by Crippen LogP contribution is 2.32. The van der Waals surface area contributed by atoms with Crippen molar-refractivity contribution in [1.82, 2.24) is 0 Å². The summed E-state index contributed by atoms with van der Waals surface area (Å²) in [5.41, 5.74) is 0.488. The molecule has 0 aliphatic heterocycles. The molecular formula is C25H18F3NO3. The second-order valence-electron chi connectivity index (χ2n) is 6.76. The molecular weight excluding hydrogens is 419 g/mol. The van der Waals surface area contributed by atoms with Gasteiger partial charge in [-0.05, 0) is 41.5 Å². The molecule has 0 atom stereocenters. The van der Waals surface area contributed by atoms with Gasteiger partial charge in [-0.3, -0.25) is 4.79 Å². The fraction of sp³-hybridized carbons (Fsp3) is 0.120. The van der Waals surface area contributed by atoms with Crippen LogP contribution in [0.15, 0.2) is 78.4 Å². The number of carbonyl (C=O) groups excluding carboxylic acids is 1. The summed E-state index contributed by atoms with van der Waals surface area (Å²) < 4.78 is 49.6. The number of nitriles is 1. The van der Waals surface area contributed by atoms with Crippen LogP contribution in [0.25, 0.3) is 6.08 Å². The molecule has 0 saturated carbocycles. The van der Waals surface area contributed by atoms with E-state index in [1.165, 1.54) is 25.3 Å². The van der Waals surface area contributed by atoms with E-state index in [9.17, 15) is 23.2 Å². The first-order valence-corrected chi connectivity index (χ1v) is 9.50. The lowest BCUT2D eigenvalue weighted by Crippen LogP contribution is -2.06. The van der Waals surface area contributed by atoms with E-state index in [0.717, 1.165) is 12.1 Å². The Kier molecular flexibility index (Phi) is 6.96. The lowest BCUT2D eigenvalue weighted by molar-refractivity contribution is -0.137. The van der Waals surface area contributed by atoms with Gasteiger partial charge in [0.25, 0.3) is 0 Å². The van der Waals surface area contributed by atoms with Crippen molar-refractivity contribution in [3.63, 3.8) is 0 Å². The topological polar surface area (TPSA) is 59.3 Å². The van der Waals surface area contributed by atoms with Gasteiger partial charge >= 0.3 is 6.18 Å². The van der Waals surface area contributed by atoms with Gasteiger partial charge in [0.2, 0.25) is 5.78 Å². The minimum absolute atomic E-state index is 0.0455. The zero-order chi connectivity index (χ0) is 23.1. The molecule has 0 saturated heterocycles. The van der Waals surface area contributed by atoms with Gasteiger partial charge in [-0.25, -0.2) is 0 Å². The summed E-state index contributed by atoms with van der Waals surface area (Å²) in [6.45, 7) is -0.0919. The normalized spacial score (nSPS) is 11.5. The Morgan fingerprint density at radius 1 is 1.00 bits per heavy atom. The van der Waals surface area contributed by atoms with Crippen LogP contribution in [0.5, 0.6) is 11.5 Å². The van der Waals surface area contributed by atoms with Crippen molar-refractivity contribution in [1.29, 1.82) is 5.26 Å². The highest BCUT2D eigenvalue weighted by Gasteiger charge is 2.30. The third-order valence-corrected chi connectivity index (χ3v) is 4.55. The van der Waals surface area contributed by atoms with Crippen LogP contribution in [0.1, 0.15) is 27.0 Å². The van der Waals surface area contributed by atoms with Crippen molar-refractivity contribution >= 4 is 11.9 Å². The molecule has 0 N–H and O–H groups in total. The SMILES string of the molecule is COc1cc(/C=C(\C#N)C(=O)c2ccccc2)ccc1OCc1cccc(C(F)(F)F)c1. The Hall–Kier alpha value is -4.05. The average Bonchev–Trinajstić information content (AvgIpc) is 2.81. The lowest BCUT2D eigenvalue weighted by atomic mass is 10.0. The summed E-state index contributed by atoms with van der Waals surface area (Å²) in [4.78, 5) is 12.5. The zero-order valence-corrected chi connectivity index (χ0v) is 17.0. The van der Waals surface area contributed by atoms with Crippen molar-refractivity contribution in [2.75, 3.05) is 7.11 Å². The van der Waals surface area contributed by atoms with Gasteiger partial charge in [0.15, 0.2) is 11.5 Å². The number of rotatable bonds is 7. The Morgan fingerprint density at radius 3 is 2.41 bits per heavy atom. The maximum absolute atomic E-state index is 12.9. The van der Waals surface area contributed by atoms with Gasteiger partial charge in [-0.15, -0.1) is 0 Å². The summed E-state index contributed by atoms with van der Waals surface area (Å²) in [6, 6.07) is 20.0. The number of Topliss-reactive ketones (excluding diaryl/α,β-unsaturated/α-hetero) is 1. The van der Waals surface area contributed by atoms with Crippen LogP contribution >= 0.6 is 0 Å². The number of ether oxygens (including phenoxy) is 2. The van der Waals surface area contributed by atoms with Crippen molar-refractivity contribution in [3.8, 4) is 17.6 Å². The van der Waals surface area contributed by atoms with E-state index < -0.39 is 17.5 Å². The number of hydrogen-bond acceptors (Lipinski definition) is 4. The highest BCUT2D eigenvalue weighted by atomic mass is 19.4. The third-order valence-electron chi connectivity index (χ3n) is 4.55. The van der Waals surface area contributed by atoms with E-state index in [-0.39, 0.29) is 12.2 Å². The monoisotopic (exact) mass is 437 g/mol. The zero-order valence-electron chi connectivity index (χ0n) is 17.0. The Bertz CT molecular complexity index is 1180. The second-order valence-corrected chi connectivity index (χ2v) is 6.76. The molecule has 3 aromatic rings. The van der Waals surface area contributed by atoms with Crippen LogP contribution in [0.4, 0.5) is 13.2 Å². The van der Waals surface area contributed by atoms with Crippen molar-refractivity contribution in [2.45, 2.75) is 12.8 Å². The molecule has 0 aromatic heterocycles. The molecule has 3 aromatic carbocycles. The van der Waals surface area contributed by atoms with Crippen LogP contribution in [0, 0.1) is 11.3 Å². The minimum Gasteiger partial charge on any atom is -0.493 e. The van der Waals surface area contributed by atoms with Gasteiger partial charge in [0.1, 0.15) is 18.2 Å². The van der Waals surface area contributed by atoms with E-state index in [0.29, 0.717) is 28.2 Å². The van der Waals surface area contributed by atoms with Gasteiger partial charge in [0.05, 0.1) is 12.7 Å². The fourth-order valence-corrected chi connectivity index (χ4v) is 2.95. The van der Waals surface area contributed by atoms with E-state index in [1.807, 2.05) is 6.07 Å². The molecule has 4 nitrogen and oxygen atoms in total. The molecule has 0 heterocycles. The van der Waals surface area contributed by atoms with Gasteiger partial charge in [0, 0.05) is 5.56 Å². The Balaban J connectivity index is 1.79. The highest BCUT2D eigenvalue weighted by molar-refractivity contribution is 6.14. The summed E-state index contributed by atoms with van der Waals surface area (Å²) >= 11 is 0. The second kappa shape index (κ2) is 9.84. The molecule has 0 radical (unpaired) electrons. The third kappa shape index (κ3) is 5.55. The molecule has 0 spiro atoms. The molecule has 7 heteroatoms. The number of halogens is 3. The summed E-state index contributed by atoms with van der Waals surface area (Å²) in [5, 5.41) is 9.41. The molecule has 0 amide bonds. The summed E-state index contributed by atoms with van der Waals surface area (Å²) in [6.07, 6.45) is -2.99. The number of alkyl halides is 3. The molecule has 3 rings (SSSR count). The average molecular weight is 437 g/mol. The predicted molar refractivity (Wildman–Crippen MR) is 113 cm³/mol. The lowest BCUT2D eigenvalue weighted by Gasteiger charge is -2.13. The first-order chi connectivity index (χ1) is 15.3. The minimum atomic E-state index is -4.43. The maximum atomic E-state index is 12.9. The number of ketones is 1. The van der Waals surface area contributed by atoms with Crippen LogP contribution in [0.3, 0.4) is 0 Å². The Labute approximate surface area is 183 Å². The van der Waals surface area contributed by atoms with Crippen LogP contribution in [0.2, 0.25) is 0 Å². The fourth-order valence-electron chi connectivity index (χ4n) is 2.95. The molecule has 0 bridgehead atoms. The first-order valence-electron chi connectivity index (χ1n) is 9.50. The van der Waals surface area contributed by atoms with E-state index in [2.05, 4.69) is 0 Å². The van der Waals surface area contributed by atoms with Crippen LogP contribution < -0.4 is 9.47 Å². The largest absolute Gasteiger partial charge is 0.493 e. The van der Waals surface area contributed by atoms with Gasteiger partial charge in [-0.2, -0.15) is 18.4 Å². The summed E-state index contributed by atoms with van der Waals surface area (Å²) in [7, 11) is 1.42. The number of methoxy groups -OCH3 is 1. The number of allylic oxidation sites excluding steroid dienone is 1. The van der Waals surface area contributed by atoms with E-state index >= 15 is 0 Å². The first kappa shape index (κ1) is 22.6. The van der Waals surface area contributed by atoms with E-state index in [4.69, 9.17) is 9.47 Å². The van der Waals surface area contributed by atoms with Gasteiger partial charge < -0.3 is 9.47 Å². The number of carbonyl (C=O) groups is 1. The Morgan fingerprint density at radius 2 is 1.75 bits per heavy atom. The van der Waals surface area contributed by atoms with Crippen LogP contribution in [-0.2, 0) is 12.8 Å². The maximum Gasteiger partial charge on any atom is 0.416 e. The number of hydrogen-bond donors (Lipinski definition) is 0. The van der Waals surface area contributed by atoms with Gasteiger partial charge in [-0.1, -0.05) is 48.5 Å². The van der Waals surface area contributed by atoms with Crippen molar-refractivity contribution < 1.29 is 27.4 Å². The molecule has 162 valence electrons. The summed E-state index contributed by atoms with van der Waals surface area (Å²) in [5.74, 6) is 0.224. The predicted octanol–water partition coefficient (Wildman–Crippen LogP) is 6.08. The quantitative estimate of drug-likeness (QED) is 0.255. The number of nitrogens with zero attached hydrogens (tertiary/aromatic N) is 1. The molecule has 32 heavy (non-hydrogen) atoms. The molecule has 0 fully saturated rings. The van der Waals surface area contributed by atoms with Crippen LogP contribution in [-0.4, -0.2) is 12.9 Å². The van der Waals surface area contributed by atoms with Crippen molar-refractivity contribution in [2.24, 2.45) is 0 Å².